The van der Waals surface area contributed by atoms with E-state index >= 15 is 0 Å². The molecule has 1 aromatic carbocycles. The van der Waals surface area contributed by atoms with Crippen LogP contribution in [0.1, 0.15) is 31.2 Å². The number of anilines is 2. The molecule has 2 aliphatic carbocycles. The number of hydrogen-bond acceptors (Lipinski definition) is 9. The molecule has 11 heteroatoms. The van der Waals surface area contributed by atoms with Gasteiger partial charge in [0.15, 0.2) is 5.82 Å². The zero-order valence-corrected chi connectivity index (χ0v) is 21.5. The molecule has 0 bridgehead atoms. The van der Waals surface area contributed by atoms with E-state index in [1.54, 1.807) is 0 Å². The van der Waals surface area contributed by atoms with Crippen molar-refractivity contribution in [2.24, 2.45) is 10.9 Å². The highest BCUT2D eigenvalue weighted by molar-refractivity contribution is 6.17. The van der Waals surface area contributed by atoms with E-state index in [2.05, 4.69) is 31.8 Å². The summed E-state index contributed by atoms with van der Waals surface area (Å²) in [5, 5.41) is 19.5. The van der Waals surface area contributed by atoms with Crippen molar-refractivity contribution in [3.05, 3.63) is 65.5 Å². The fraction of sp³-hybridized carbons (Fsp3) is 0.393. The van der Waals surface area contributed by atoms with Crippen LogP contribution in [-0.2, 0) is 16.1 Å². The van der Waals surface area contributed by atoms with E-state index in [-0.39, 0.29) is 11.9 Å². The van der Waals surface area contributed by atoms with Crippen LogP contribution in [0.25, 0.3) is 11.5 Å². The number of benzene rings is 1. The number of ether oxygens (including phenoxy) is 1. The third kappa shape index (κ3) is 4.97. The number of fused-ring (bicyclic) bond motifs is 1. The number of aromatic nitrogens is 4. The monoisotopic (exact) mass is 526 g/mol. The lowest BCUT2D eigenvalue weighted by Gasteiger charge is -2.27. The average Bonchev–Trinajstić information content (AvgIpc) is 3.53. The fourth-order valence-corrected chi connectivity index (χ4v) is 5.14. The maximum Gasteiger partial charge on any atom is 0.317 e. The van der Waals surface area contributed by atoms with Crippen LogP contribution in [0.3, 0.4) is 0 Å². The predicted octanol–water partition coefficient (Wildman–Crippen LogP) is 3.14. The molecule has 0 spiro atoms. The van der Waals surface area contributed by atoms with Gasteiger partial charge in [-0.25, -0.2) is 4.99 Å². The molecule has 2 fully saturated rings. The first-order valence-corrected chi connectivity index (χ1v) is 13.6. The number of morpholine rings is 1. The van der Waals surface area contributed by atoms with E-state index in [1.807, 2.05) is 47.3 Å². The van der Waals surface area contributed by atoms with Crippen molar-refractivity contribution < 1.29 is 13.9 Å². The van der Waals surface area contributed by atoms with E-state index in [0.717, 1.165) is 66.4 Å². The number of carbonyl (C=O) groups excluding carboxylic acids is 1. The Hall–Kier alpha value is -4.25. The summed E-state index contributed by atoms with van der Waals surface area (Å²) in [4.78, 5) is 20.3. The summed E-state index contributed by atoms with van der Waals surface area (Å²) < 4.78 is 13.6. The Morgan fingerprint density at radius 1 is 1.05 bits per heavy atom. The van der Waals surface area contributed by atoms with Crippen LogP contribution in [0.15, 0.2) is 69.4 Å². The van der Waals surface area contributed by atoms with Gasteiger partial charge in [-0.2, -0.15) is 5.10 Å². The van der Waals surface area contributed by atoms with Crippen LogP contribution in [0, 0.1) is 5.92 Å². The third-order valence-electron chi connectivity index (χ3n) is 7.33. The molecular formula is C28H30N8O3. The summed E-state index contributed by atoms with van der Waals surface area (Å²) in [5.41, 5.74) is 4.16. The van der Waals surface area contributed by atoms with E-state index in [0.29, 0.717) is 25.0 Å². The fourth-order valence-electron chi connectivity index (χ4n) is 5.14. The van der Waals surface area contributed by atoms with Crippen molar-refractivity contribution in [2.45, 2.75) is 38.4 Å². The second-order valence-electron chi connectivity index (χ2n) is 10.2. The molecule has 7 rings (SSSR count). The topological polar surface area (TPSA) is 123 Å². The zero-order valence-electron chi connectivity index (χ0n) is 21.5. The molecule has 0 radical (unpaired) electrons. The highest BCUT2D eigenvalue weighted by Crippen LogP contribution is 2.34. The van der Waals surface area contributed by atoms with Crippen molar-refractivity contribution >= 4 is 23.5 Å². The molecule has 1 amide bonds. The van der Waals surface area contributed by atoms with Crippen LogP contribution >= 0.6 is 0 Å². The summed E-state index contributed by atoms with van der Waals surface area (Å²) >= 11 is 0. The Balaban J connectivity index is 1.19. The lowest BCUT2D eigenvalue weighted by atomic mass is 9.95. The summed E-state index contributed by atoms with van der Waals surface area (Å²) in [6.45, 7) is 3.67. The van der Waals surface area contributed by atoms with Crippen LogP contribution < -0.4 is 15.5 Å². The largest absolute Gasteiger partial charge is 0.403 e. The number of aliphatic imine (C=N–C) groups is 1. The lowest BCUT2D eigenvalue weighted by molar-refractivity contribution is -0.120. The Bertz CT molecular complexity index is 1460. The molecule has 2 aromatic heterocycles. The number of amides is 1. The van der Waals surface area contributed by atoms with Gasteiger partial charge in [0.1, 0.15) is 5.56 Å². The molecule has 1 saturated heterocycles. The third-order valence-corrected chi connectivity index (χ3v) is 7.33. The summed E-state index contributed by atoms with van der Waals surface area (Å²) in [5.74, 6) is 1.55. The highest BCUT2D eigenvalue weighted by Gasteiger charge is 2.31. The summed E-state index contributed by atoms with van der Waals surface area (Å²) in [6, 6.07) is 10.0. The molecule has 1 atom stereocenters. The van der Waals surface area contributed by atoms with Crippen molar-refractivity contribution in [3.63, 3.8) is 0 Å². The lowest BCUT2D eigenvalue weighted by Crippen LogP contribution is -2.37. The van der Waals surface area contributed by atoms with Crippen molar-refractivity contribution in [1.82, 2.24) is 25.3 Å². The Morgan fingerprint density at radius 2 is 1.87 bits per heavy atom. The van der Waals surface area contributed by atoms with Gasteiger partial charge in [-0.05, 0) is 31.6 Å². The van der Waals surface area contributed by atoms with Crippen LogP contribution in [0.4, 0.5) is 11.8 Å². The Kier molecular flexibility index (Phi) is 6.20. The molecule has 4 aliphatic rings. The highest BCUT2D eigenvalue weighted by atomic mass is 16.5. The molecule has 1 saturated carbocycles. The van der Waals surface area contributed by atoms with Gasteiger partial charge >= 0.3 is 6.01 Å². The molecule has 11 nitrogen and oxygen atoms in total. The molecule has 2 N–H and O–H groups in total. The standard InChI is InChI=1S/C28H30N8O3/c37-26-24(30-23(19-6-2-1-3-7-19)20-8-4-5-9-22(20)29-26)31-28-33-32-27(39-28)21-17-36(16-18-10-11-18)34-25(21)35-12-14-38-15-13-35/h1-3,6-9,17-18,24H,4-5,10-16H2,(H,29,37)(H,31,33). The second kappa shape index (κ2) is 10.1. The van der Waals surface area contributed by atoms with Gasteiger partial charge in [0.05, 0.1) is 18.9 Å². The van der Waals surface area contributed by atoms with Crippen LogP contribution in [0.5, 0.6) is 0 Å². The van der Waals surface area contributed by atoms with Gasteiger partial charge in [-0.1, -0.05) is 47.6 Å². The van der Waals surface area contributed by atoms with Crippen molar-refractivity contribution in [3.8, 4) is 11.5 Å². The number of allylic oxidation sites excluding steroid dienone is 3. The molecule has 1 unspecified atom stereocenters. The number of nitrogens with one attached hydrogen (secondary N) is 2. The van der Waals surface area contributed by atoms with Crippen LogP contribution in [0.2, 0.25) is 0 Å². The minimum atomic E-state index is -0.947. The molecule has 39 heavy (non-hydrogen) atoms. The molecule has 4 heterocycles. The molecule has 3 aromatic rings. The van der Waals surface area contributed by atoms with Gasteiger partial charge in [0.25, 0.3) is 11.8 Å². The Labute approximate surface area is 225 Å². The van der Waals surface area contributed by atoms with Crippen molar-refractivity contribution in [2.75, 3.05) is 36.5 Å². The Morgan fingerprint density at radius 3 is 2.69 bits per heavy atom. The summed E-state index contributed by atoms with van der Waals surface area (Å²) in [7, 11) is 0. The predicted molar refractivity (Wildman–Crippen MR) is 145 cm³/mol. The SMILES string of the molecule is O=C1NC2=CCCC=C2C(c2ccccc2)=NC1Nc1nnc(-c2cn(CC3CC3)nc2N2CCOCC2)o1. The van der Waals surface area contributed by atoms with E-state index in [9.17, 15) is 4.79 Å². The maximum atomic E-state index is 13.2. The number of rotatable bonds is 7. The van der Waals surface area contributed by atoms with Gasteiger partial charge in [0, 0.05) is 42.7 Å². The van der Waals surface area contributed by atoms with E-state index in [1.165, 1.54) is 12.8 Å². The van der Waals surface area contributed by atoms with Gasteiger partial charge in [-0.3, -0.25) is 9.48 Å². The first kappa shape index (κ1) is 23.8. The summed E-state index contributed by atoms with van der Waals surface area (Å²) in [6.07, 6.45) is 9.44. The molecule has 200 valence electrons. The number of carbonyl (C=O) groups is 1. The number of hydrogen-bond donors (Lipinski definition) is 2. The van der Waals surface area contributed by atoms with Crippen LogP contribution in [-0.4, -0.2) is 64.1 Å². The minimum Gasteiger partial charge on any atom is -0.403 e. The molecule has 2 aliphatic heterocycles. The van der Waals surface area contributed by atoms with E-state index < -0.39 is 6.17 Å². The van der Waals surface area contributed by atoms with Gasteiger partial charge in [-0.15, -0.1) is 5.10 Å². The second-order valence-corrected chi connectivity index (χ2v) is 10.2. The maximum absolute atomic E-state index is 13.2. The van der Waals surface area contributed by atoms with Gasteiger partial charge < -0.3 is 24.7 Å². The first-order chi connectivity index (χ1) is 19.2. The van der Waals surface area contributed by atoms with Crippen molar-refractivity contribution in [1.29, 1.82) is 0 Å². The smallest absolute Gasteiger partial charge is 0.317 e. The average molecular weight is 527 g/mol. The normalized spacial score (nSPS) is 21.3. The first-order valence-electron chi connectivity index (χ1n) is 13.6. The van der Waals surface area contributed by atoms with E-state index in [4.69, 9.17) is 19.2 Å². The molecular weight excluding hydrogens is 496 g/mol. The zero-order chi connectivity index (χ0) is 26.2. The minimum absolute atomic E-state index is 0.122. The quantitative estimate of drug-likeness (QED) is 0.482. The van der Waals surface area contributed by atoms with Gasteiger partial charge in [0.2, 0.25) is 6.17 Å². The number of nitrogens with zero attached hydrogens (tertiary/aromatic N) is 6.